The third-order valence-electron chi connectivity index (χ3n) is 6.61. The van der Waals surface area contributed by atoms with E-state index >= 15 is 0 Å². The van der Waals surface area contributed by atoms with E-state index in [0.717, 1.165) is 22.4 Å². The lowest BCUT2D eigenvalue weighted by molar-refractivity contribution is -0.148. The molecule has 6 atom stereocenters. The van der Waals surface area contributed by atoms with E-state index in [1.807, 2.05) is 26.0 Å². The van der Waals surface area contributed by atoms with Gasteiger partial charge >= 0.3 is 5.97 Å². The predicted molar refractivity (Wildman–Crippen MR) is 93.0 cm³/mol. The number of likely N-dealkylation sites (tertiary alicyclic amines) is 1. The highest BCUT2D eigenvalue weighted by molar-refractivity contribution is 6.08. The number of benzene rings is 1. The van der Waals surface area contributed by atoms with Crippen LogP contribution in [0.25, 0.3) is 0 Å². The van der Waals surface area contributed by atoms with E-state index in [1.165, 1.54) is 0 Å². The van der Waals surface area contributed by atoms with Gasteiger partial charge in [0.05, 0.1) is 11.8 Å². The quantitative estimate of drug-likeness (QED) is 0.363. The lowest BCUT2D eigenvalue weighted by atomic mass is 9.63. The number of carbonyl (C=O) groups is 3. The third-order valence-corrected chi connectivity index (χ3v) is 6.61. The molecule has 3 fully saturated rings. The van der Waals surface area contributed by atoms with Gasteiger partial charge in [-0.25, -0.2) is 4.79 Å². The Kier molecular flexibility index (Phi) is 3.21. The second-order valence-electron chi connectivity index (χ2n) is 8.16. The van der Waals surface area contributed by atoms with Gasteiger partial charge in [0.2, 0.25) is 11.8 Å². The number of ether oxygens (including phenoxy) is 1. The maximum atomic E-state index is 12.9. The summed E-state index contributed by atoms with van der Waals surface area (Å²) in [5, 5.41) is 0. The van der Waals surface area contributed by atoms with Crippen molar-refractivity contribution in [3.63, 3.8) is 0 Å². The van der Waals surface area contributed by atoms with Gasteiger partial charge in [0.15, 0.2) is 0 Å². The molecule has 2 saturated carbocycles. The Labute approximate surface area is 152 Å². The van der Waals surface area contributed by atoms with E-state index in [2.05, 4.69) is 12.2 Å². The Hall–Kier alpha value is -2.43. The van der Waals surface area contributed by atoms with Crippen LogP contribution in [-0.2, 0) is 14.4 Å². The second kappa shape index (κ2) is 5.29. The maximum absolute atomic E-state index is 12.9. The third kappa shape index (κ3) is 2.12. The van der Waals surface area contributed by atoms with Crippen molar-refractivity contribution in [1.82, 2.24) is 4.90 Å². The molecule has 4 aliphatic carbocycles. The largest absolute Gasteiger partial charge is 0.425 e. The molecule has 0 unspecified atom stereocenters. The van der Waals surface area contributed by atoms with Crippen molar-refractivity contribution in [2.75, 3.05) is 6.54 Å². The first kappa shape index (κ1) is 15.8. The van der Waals surface area contributed by atoms with E-state index in [1.54, 1.807) is 6.07 Å². The number of hydrogen-bond donors (Lipinski definition) is 0. The number of amides is 2. The van der Waals surface area contributed by atoms with Crippen molar-refractivity contribution in [1.29, 1.82) is 0 Å². The molecule has 5 heteroatoms. The summed E-state index contributed by atoms with van der Waals surface area (Å²) in [6.45, 7) is 3.48. The topological polar surface area (TPSA) is 63.7 Å². The summed E-state index contributed by atoms with van der Waals surface area (Å²) in [6, 6.07) is 5.62. The second-order valence-corrected chi connectivity index (χ2v) is 8.16. The van der Waals surface area contributed by atoms with Crippen LogP contribution in [0.2, 0.25) is 0 Å². The summed E-state index contributed by atoms with van der Waals surface area (Å²) < 4.78 is 5.44. The van der Waals surface area contributed by atoms with Crippen LogP contribution < -0.4 is 4.74 Å². The molecule has 6 rings (SSSR count). The highest BCUT2D eigenvalue weighted by Crippen LogP contribution is 2.65. The molecule has 0 N–H and O–H groups in total. The minimum atomic E-state index is -0.565. The fourth-order valence-electron chi connectivity index (χ4n) is 5.28. The summed E-state index contributed by atoms with van der Waals surface area (Å²) in [5.74, 6) is 0.460. The Balaban J connectivity index is 1.34. The lowest BCUT2D eigenvalue weighted by Gasteiger charge is -2.37. The normalized spacial score (nSPS) is 36.2. The van der Waals surface area contributed by atoms with Crippen LogP contribution in [0.1, 0.15) is 17.5 Å². The lowest BCUT2D eigenvalue weighted by Crippen LogP contribution is -2.40. The first-order valence-corrected chi connectivity index (χ1v) is 9.27. The molecule has 0 spiro atoms. The van der Waals surface area contributed by atoms with Crippen LogP contribution in [0.3, 0.4) is 0 Å². The van der Waals surface area contributed by atoms with Gasteiger partial charge in [-0.1, -0.05) is 24.3 Å². The number of hydrogen-bond acceptors (Lipinski definition) is 4. The zero-order valence-electron chi connectivity index (χ0n) is 14.8. The summed E-state index contributed by atoms with van der Waals surface area (Å²) in [6.07, 6.45) is 5.39. The SMILES string of the molecule is Cc1ccc(C)c(OC(=O)CN2C(=O)[C@@H]3[C@@H]4C=C[C@H]([C@H]5C[C@@H]45)[C@@H]3C2=O)c1. The van der Waals surface area contributed by atoms with Crippen LogP contribution in [0, 0.1) is 49.4 Å². The number of aryl methyl sites for hydroxylation is 2. The molecule has 2 bridgehead atoms. The monoisotopic (exact) mass is 351 g/mol. The molecule has 1 aromatic rings. The molecule has 5 nitrogen and oxygen atoms in total. The van der Waals surface area contributed by atoms with Crippen molar-refractivity contribution in [2.45, 2.75) is 20.3 Å². The van der Waals surface area contributed by atoms with Crippen molar-refractivity contribution in [3.8, 4) is 5.75 Å². The molecule has 5 aliphatic rings. The van der Waals surface area contributed by atoms with E-state index in [4.69, 9.17) is 4.74 Å². The molecule has 0 aromatic heterocycles. The molecule has 26 heavy (non-hydrogen) atoms. The number of esters is 1. The van der Waals surface area contributed by atoms with E-state index < -0.39 is 5.97 Å². The van der Waals surface area contributed by atoms with Gasteiger partial charge in [0.1, 0.15) is 12.3 Å². The van der Waals surface area contributed by atoms with Crippen molar-refractivity contribution >= 4 is 17.8 Å². The van der Waals surface area contributed by atoms with Gasteiger partial charge < -0.3 is 4.74 Å². The summed E-state index contributed by atoms with van der Waals surface area (Å²) in [7, 11) is 0. The van der Waals surface area contributed by atoms with Crippen molar-refractivity contribution in [3.05, 3.63) is 41.5 Å². The molecule has 1 heterocycles. The average Bonchev–Trinajstić information content (AvgIpc) is 3.39. The molecule has 134 valence electrons. The maximum Gasteiger partial charge on any atom is 0.331 e. The number of carbonyl (C=O) groups excluding carboxylic acids is 3. The van der Waals surface area contributed by atoms with E-state index in [0.29, 0.717) is 17.6 Å². The van der Waals surface area contributed by atoms with E-state index in [-0.39, 0.29) is 42.0 Å². The Morgan fingerprint density at radius 2 is 1.69 bits per heavy atom. The Bertz CT molecular complexity index is 837. The van der Waals surface area contributed by atoms with Crippen LogP contribution in [0.4, 0.5) is 0 Å². The van der Waals surface area contributed by atoms with Crippen LogP contribution in [-0.4, -0.2) is 29.2 Å². The zero-order chi connectivity index (χ0) is 18.2. The smallest absolute Gasteiger partial charge is 0.331 e. The first-order chi connectivity index (χ1) is 12.5. The number of imide groups is 1. The molecule has 1 aliphatic heterocycles. The van der Waals surface area contributed by atoms with Crippen LogP contribution >= 0.6 is 0 Å². The molecular formula is C21H21NO4. The first-order valence-electron chi connectivity index (χ1n) is 9.27. The van der Waals surface area contributed by atoms with Gasteiger partial charge in [-0.3, -0.25) is 14.5 Å². The zero-order valence-corrected chi connectivity index (χ0v) is 14.8. The molecular weight excluding hydrogens is 330 g/mol. The number of allylic oxidation sites excluding steroid dienone is 2. The van der Waals surface area contributed by atoms with E-state index in [9.17, 15) is 14.4 Å². The molecule has 1 aromatic carbocycles. The minimum absolute atomic E-state index is 0.173. The van der Waals surface area contributed by atoms with Gasteiger partial charge in [-0.2, -0.15) is 0 Å². The van der Waals surface area contributed by atoms with Crippen molar-refractivity contribution in [2.24, 2.45) is 35.5 Å². The molecule has 2 amide bonds. The standard InChI is InChI=1S/C21H21NO4/c1-10-3-4-11(2)16(7-10)26-17(23)9-22-20(24)18-12-5-6-13(15-8-14(12)15)19(18)21(22)25/h3-7,12-15,18-19H,8-9H2,1-2H3/t12-,13-,14-,15+,18+,19-/m1/s1. The highest BCUT2D eigenvalue weighted by atomic mass is 16.5. The van der Waals surface area contributed by atoms with Gasteiger partial charge in [0, 0.05) is 0 Å². The van der Waals surface area contributed by atoms with Gasteiger partial charge in [-0.05, 0) is 61.1 Å². The molecule has 1 saturated heterocycles. The van der Waals surface area contributed by atoms with Gasteiger partial charge in [0.25, 0.3) is 0 Å². The fraction of sp³-hybridized carbons (Fsp3) is 0.476. The number of nitrogens with zero attached hydrogens (tertiary/aromatic N) is 1. The van der Waals surface area contributed by atoms with Crippen LogP contribution in [0.15, 0.2) is 30.4 Å². The molecule has 0 radical (unpaired) electrons. The summed E-state index contributed by atoms with van der Waals surface area (Å²) in [4.78, 5) is 39.3. The Morgan fingerprint density at radius 3 is 2.31 bits per heavy atom. The average molecular weight is 351 g/mol. The fourth-order valence-corrected chi connectivity index (χ4v) is 5.28. The van der Waals surface area contributed by atoms with Crippen LogP contribution in [0.5, 0.6) is 5.75 Å². The number of rotatable bonds is 3. The predicted octanol–water partition coefficient (Wildman–Crippen LogP) is 2.26. The Morgan fingerprint density at radius 1 is 1.08 bits per heavy atom. The summed E-state index contributed by atoms with van der Waals surface area (Å²) >= 11 is 0. The summed E-state index contributed by atoms with van der Waals surface area (Å²) in [5.41, 5.74) is 1.83. The van der Waals surface area contributed by atoms with Gasteiger partial charge in [-0.15, -0.1) is 0 Å². The van der Waals surface area contributed by atoms with Crippen molar-refractivity contribution < 1.29 is 19.1 Å². The highest BCUT2D eigenvalue weighted by Gasteiger charge is 2.67. The minimum Gasteiger partial charge on any atom is -0.425 e.